The largest absolute Gasteiger partial charge is 0.396 e. The molecule has 0 fully saturated rings. The maximum absolute atomic E-state index is 11.9. The van der Waals surface area contributed by atoms with Crippen LogP contribution in [0.1, 0.15) is 19.8 Å². The molecule has 21 heavy (non-hydrogen) atoms. The summed E-state index contributed by atoms with van der Waals surface area (Å²) >= 11 is 0. The molecule has 4 N–H and O–H groups in total. The van der Waals surface area contributed by atoms with Crippen LogP contribution in [0.25, 0.3) is 11.3 Å². The molecule has 6 heteroatoms. The number of aliphatic hydroxyl groups is 1. The third-order valence-electron chi connectivity index (χ3n) is 3.26. The number of hydrogen-bond donors (Lipinski definition) is 4. The minimum absolute atomic E-state index is 0.0146. The van der Waals surface area contributed by atoms with E-state index in [1.807, 2.05) is 37.3 Å². The summed E-state index contributed by atoms with van der Waals surface area (Å²) in [6.45, 7) is 2.04. The van der Waals surface area contributed by atoms with Gasteiger partial charge in [0.25, 0.3) is 0 Å². The Morgan fingerprint density at radius 3 is 2.67 bits per heavy atom. The van der Waals surface area contributed by atoms with Gasteiger partial charge in [-0.3, -0.25) is 5.10 Å². The van der Waals surface area contributed by atoms with E-state index in [4.69, 9.17) is 5.11 Å². The highest BCUT2D eigenvalue weighted by Gasteiger charge is 2.09. The number of nitrogens with zero attached hydrogens (tertiary/aromatic N) is 1. The van der Waals surface area contributed by atoms with Crippen molar-refractivity contribution in [1.82, 2.24) is 15.5 Å². The van der Waals surface area contributed by atoms with E-state index in [-0.39, 0.29) is 18.7 Å². The lowest BCUT2D eigenvalue weighted by atomic mass is 10.1. The predicted octanol–water partition coefficient (Wildman–Crippen LogP) is 2.36. The molecule has 1 heterocycles. The fraction of sp³-hybridized carbons (Fsp3) is 0.333. The average Bonchev–Trinajstić information content (AvgIpc) is 3.01. The monoisotopic (exact) mass is 288 g/mol. The summed E-state index contributed by atoms with van der Waals surface area (Å²) in [6.07, 6.45) is 3.04. The van der Waals surface area contributed by atoms with Crippen molar-refractivity contribution in [2.75, 3.05) is 11.9 Å². The quantitative estimate of drug-likeness (QED) is 0.657. The smallest absolute Gasteiger partial charge is 0.319 e. The van der Waals surface area contributed by atoms with Gasteiger partial charge in [-0.25, -0.2) is 4.79 Å². The summed E-state index contributed by atoms with van der Waals surface area (Å²) in [4.78, 5) is 11.9. The molecule has 0 radical (unpaired) electrons. The first-order chi connectivity index (χ1) is 10.2. The van der Waals surface area contributed by atoms with Gasteiger partial charge >= 0.3 is 6.03 Å². The van der Waals surface area contributed by atoms with E-state index in [1.54, 1.807) is 6.20 Å². The highest BCUT2D eigenvalue weighted by molar-refractivity contribution is 5.89. The topological polar surface area (TPSA) is 90.0 Å². The van der Waals surface area contributed by atoms with Crippen LogP contribution in [0.2, 0.25) is 0 Å². The summed E-state index contributed by atoms with van der Waals surface area (Å²) in [5.74, 6) is 0. The maximum atomic E-state index is 11.9. The molecule has 0 saturated carbocycles. The van der Waals surface area contributed by atoms with E-state index >= 15 is 0 Å². The fourth-order valence-corrected chi connectivity index (χ4v) is 2.04. The molecule has 2 amide bonds. The summed E-state index contributed by atoms with van der Waals surface area (Å²) in [5.41, 5.74) is 2.65. The van der Waals surface area contributed by atoms with Crippen molar-refractivity contribution in [1.29, 1.82) is 0 Å². The zero-order chi connectivity index (χ0) is 15.1. The zero-order valence-corrected chi connectivity index (χ0v) is 12.0. The van der Waals surface area contributed by atoms with Crippen molar-refractivity contribution in [2.45, 2.75) is 25.8 Å². The number of carbonyl (C=O) groups is 1. The number of hydrogen-bond acceptors (Lipinski definition) is 3. The number of carbonyl (C=O) groups excluding carboxylic acids is 1. The number of nitrogens with one attached hydrogen (secondary N) is 3. The average molecular weight is 288 g/mol. The first-order valence-corrected chi connectivity index (χ1v) is 7.01. The lowest BCUT2D eigenvalue weighted by Crippen LogP contribution is -2.38. The van der Waals surface area contributed by atoms with Crippen LogP contribution in [-0.4, -0.2) is 34.0 Å². The van der Waals surface area contributed by atoms with Crippen molar-refractivity contribution >= 4 is 11.7 Å². The standard InChI is InChI=1S/C15H20N4O2/c1-2-12(8-10-20)17-15(21)18-13-5-3-11(4-6-13)14-7-9-16-19-14/h3-7,9,12,20H,2,8,10H2,1H3,(H,16,19)(H2,17,18,21). The number of rotatable bonds is 6. The molecule has 0 aliphatic heterocycles. The third kappa shape index (κ3) is 4.32. The number of benzene rings is 1. The molecular formula is C15H20N4O2. The molecule has 0 bridgehead atoms. The minimum Gasteiger partial charge on any atom is -0.396 e. The molecular weight excluding hydrogens is 268 g/mol. The third-order valence-corrected chi connectivity index (χ3v) is 3.26. The molecule has 112 valence electrons. The number of aliphatic hydroxyl groups excluding tert-OH is 1. The first-order valence-electron chi connectivity index (χ1n) is 7.01. The van der Waals surface area contributed by atoms with E-state index in [9.17, 15) is 4.79 Å². The van der Waals surface area contributed by atoms with Crippen LogP contribution in [0.15, 0.2) is 36.5 Å². The second kappa shape index (κ2) is 7.44. The second-order valence-electron chi connectivity index (χ2n) is 4.76. The van der Waals surface area contributed by atoms with Crippen LogP contribution in [-0.2, 0) is 0 Å². The van der Waals surface area contributed by atoms with Gasteiger partial charge < -0.3 is 15.7 Å². The molecule has 1 unspecified atom stereocenters. The number of aromatic nitrogens is 2. The van der Waals surface area contributed by atoms with Gasteiger partial charge in [-0.15, -0.1) is 0 Å². The van der Waals surface area contributed by atoms with Crippen LogP contribution in [0.5, 0.6) is 0 Å². The Morgan fingerprint density at radius 1 is 1.33 bits per heavy atom. The van der Waals surface area contributed by atoms with Crippen molar-refractivity contribution < 1.29 is 9.90 Å². The molecule has 2 rings (SSSR count). The number of urea groups is 1. The Bertz CT molecular complexity index is 552. The van der Waals surface area contributed by atoms with Crippen molar-refractivity contribution in [3.8, 4) is 11.3 Å². The molecule has 0 aliphatic rings. The van der Waals surface area contributed by atoms with Crippen LogP contribution >= 0.6 is 0 Å². The summed E-state index contributed by atoms with van der Waals surface area (Å²) in [6, 6.07) is 9.10. The Balaban J connectivity index is 1.92. The molecule has 0 spiro atoms. The van der Waals surface area contributed by atoms with Gasteiger partial charge in [-0.1, -0.05) is 19.1 Å². The molecule has 1 atom stereocenters. The zero-order valence-electron chi connectivity index (χ0n) is 12.0. The van der Waals surface area contributed by atoms with E-state index in [2.05, 4.69) is 20.8 Å². The lowest BCUT2D eigenvalue weighted by Gasteiger charge is -2.16. The van der Waals surface area contributed by atoms with Gasteiger partial charge in [-0.05, 0) is 36.6 Å². The molecule has 0 aliphatic carbocycles. The van der Waals surface area contributed by atoms with Crippen molar-refractivity contribution in [3.63, 3.8) is 0 Å². The van der Waals surface area contributed by atoms with Crippen LogP contribution in [0, 0.1) is 0 Å². The predicted molar refractivity (Wildman–Crippen MR) is 82.0 cm³/mol. The summed E-state index contributed by atoms with van der Waals surface area (Å²) in [5, 5.41) is 21.3. The van der Waals surface area contributed by atoms with E-state index in [0.29, 0.717) is 6.42 Å². The van der Waals surface area contributed by atoms with Crippen LogP contribution < -0.4 is 10.6 Å². The van der Waals surface area contributed by atoms with Crippen LogP contribution in [0.3, 0.4) is 0 Å². The highest BCUT2D eigenvalue weighted by Crippen LogP contribution is 2.18. The van der Waals surface area contributed by atoms with Gasteiger partial charge in [0.2, 0.25) is 0 Å². The summed E-state index contributed by atoms with van der Waals surface area (Å²) in [7, 11) is 0. The van der Waals surface area contributed by atoms with E-state index in [0.717, 1.165) is 23.4 Å². The minimum atomic E-state index is -0.260. The SMILES string of the molecule is CCC(CCO)NC(=O)Nc1ccc(-c2ccn[nH]2)cc1. The molecule has 0 saturated heterocycles. The van der Waals surface area contributed by atoms with Crippen molar-refractivity contribution in [3.05, 3.63) is 36.5 Å². The lowest BCUT2D eigenvalue weighted by molar-refractivity contribution is 0.237. The van der Waals surface area contributed by atoms with E-state index in [1.165, 1.54) is 0 Å². The Labute approximate surface area is 123 Å². The summed E-state index contributed by atoms with van der Waals surface area (Å²) < 4.78 is 0. The molecule has 1 aromatic heterocycles. The van der Waals surface area contributed by atoms with Gasteiger partial charge in [-0.2, -0.15) is 5.10 Å². The van der Waals surface area contributed by atoms with Gasteiger partial charge in [0.05, 0.1) is 5.69 Å². The van der Waals surface area contributed by atoms with Gasteiger partial charge in [0.15, 0.2) is 0 Å². The number of amides is 2. The number of aromatic amines is 1. The number of anilines is 1. The van der Waals surface area contributed by atoms with Gasteiger partial charge in [0.1, 0.15) is 0 Å². The highest BCUT2D eigenvalue weighted by atomic mass is 16.3. The molecule has 1 aromatic carbocycles. The fourth-order valence-electron chi connectivity index (χ4n) is 2.04. The Hall–Kier alpha value is -2.34. The van der Waals surface area contributed by atoms with E-state index < -0.39 is 0 Å². The second-order valence-corrected chi connectivity index (χ2v) is 4.76. The Kier molecular flexibility index (Phi) is 5.34. The normalized spacial score (nSPS) is 11.9. The Morgan fingerprint density at radius 2 is 2.10 bits per heavy atom. The van der Waals surface area contributed by atoms with Crippen molar-refractivity contribution in [2.24, 2.45) is 0 Å². The molecule has 2 aromatic rings. The number of H-pyrrole nitrogens is 1. The molecule has 6 nitrogen and oxygen atoms in total. The first kappa shape index (κ1) is 15.1. The van der Waals surface area contributed by atoms with Crippen LogP contribution in [0.4, 0.5) is 10.5 Å². The van der Waals surface area contributed by atoms with Gasteiger partial charge in [0, 0.05) is 24.5 Å². The maximum Gasteiger partial charge on any atom is 0.319 e.